The van der Waals surface area contributed by atoms with Crippen molar-refractivity contribution < 1.29 is 4.79 Å². The summed E-state index contributed by atoms with van der Waals surface area (Å²) in [6.45, 7) is 7.26. The highest BCUT2D eigenvalue weighted by molar-refractivity contribution is 5.92. The molecule has 0 saturated carbocycles. The van der Waals surface area contributed by atoms with Crippen LogP contribution in [0.2, 0.25) is 0 Å². The molecule has 0 aliphatic carbocycles. The number of carbonyl (C=O) groups excluding carboxylic acids is 1. The van der Waals surface area contributed by atoms with E-state index in [1.807, 2.05) is 12.1 Å². The van der Waals surface area contributed by atoms with Crippen LogP contribution in [0.5, 0.6) is 0 Å². The summed E-state index contributed by atoms with van der Waals surface area (Å²) < 4.78 is 0. The summed E-state index contributed by atoms with van der Waals surface area (Å²) in [4.78, 5) is 18.6. The van der Waals surface area contributed by atoms with Gasteiger partial charge in [-0.05, 0) is 56.4 Å². The number of amides is 1. The van der Waals surface area contributed by atoms with Crippen molar-refractivity contribution in [2.45, 2.75) is 32.6 Å². The minimum Gasteiger partial charge on any atom is -0.350 e. The molecule has 1 N–H and O–H groups in total. The van der Waals surface area contributed by atoms with E-state index in [-0.39, 0.29) is 5.91 Å². The van der Waals surface area contributed by atoms with Gasteiger partial charge in [0, 0.05) is 12.7 Å². The first kappa shape index (κ1) is 15.0. The summed E-state index contributed by atoms with van der Waals surface area (Å²) in [5.41, 5.74) is 1.68. The zero-order valence-electron chi connectivity index (χ0n) is 12.7. The Hall–Kier alpha value is -1.42. The van der Waals surface area contributed by atoms with Crippen molar-refractivity contribution in [2.75, 3.05) is 26.7 Å². The average Bonchev–Trinajstić information content (AvgIpc) is 2.46. The van der Waals surface area contributed by atoms with Crippen LogP contribution in [0.15, 0.2) is 18.3 Å². The zero-order chi connectivity index (χ0) is 14.5. The number of carbonyl (C=O) groups is 1. The third kappa shape index (κ3) is 4.04. The molecular formula is C16H25N3O. The maximum Gasteiger partial charge on any atom is 0.269 e. The summed E-state index contributed by atoms with van der Waals surface area (Å²) in [5.74, 6) is 0.989. The maximum atomic E-state index is 12.0. The summed E-state index contributed by atoms with van der Waals surface area (Å²) in [6, 6.07) is 3.81. The van der Waals surface area contributed by atoms with Crippen molar-refractivity contribution in [1.29, 1.82) is 0 Å². The van der Waals surface area contributed by atoms with Crippen LogP contribution >= 0.6 is 0 Å². The Morgan fingerprint density at radius 3 is 2.65 bits per heavy atom. The van der Waals surface area contributed by atoms with Crippen LogP contribution in [-0.2, 0) is 0 Å². The van der Waals surface area contributed by atoms with Gasteiger partial charge in [0.2, 0.25) is 0 Å². The fraction of sp³-hybridized carbons (Fsp3) is 0.625. The topological polar surface area (TPSA) is 45.2 Å². The number of piperidine rings is 1. The minimum atomic E-state index is -0.0563. The third-order valence-corrected chi connectivity index (χ3v) is 4.08. The normalized spacial score (nSPS) is 17.4. The third-order valence-electron chi connectivity index (χ3n) is 4.08. The SMILES string of the molecule is CC(C)c1ccc(C(=O)NCC2CCN(C)CC2)nc1. The first-order valence-electron chi connectivity index (χ1n) is 7.49. The van der Waals surface area contributed by atoms with Crippen molar-refractivity contribution in [3.05, 3.63) is 29.6 Å². The smallest absolute Gasteiger partial charge is 0.269 e. The molecule has 2 rings (SSSR count). The van der Waals surface area contributed by atoms with E-state index in [2.05, 4.69) is 36.1 Å². The molecule has 1 amide bonds. The Bertz CT molecular complexity index is 434. The molecule has 110 valence electrons. The predicted molar refractivity (Wildman–Crippen MR) is 80.9 cm³/mol. The zero-order valence-corrected chi connectivity index (χ0v) is 12.7. The van der Waals surface area contributed by atoms with Crippen LogP contribution in [-0.4, -0.2) is 42.5 Å². The van der Waals surface area contributed by atoms with E-state index in [4.69, 9.17) is 0 Å². The Morgan fingerprint density at radius 2 is 2.10 bits per heavy atom. The van der Waals surface area contributed by atoms with Crippen molar-refractivity contribution >= 4 is 5.91 Å². The maximum absolute atomic E-state index is 12.0. The minimum absolute atomic E-state index is 0.0563. The first-order chi connectivity index (χ1) is 9.56. The van der Waals surface area contributed by atoms with Crippen LogP contribution in [0.25, 0.3) is 0 Å². The molecule has 1 aliphatic rings. The first-order valence-corrected chi connectivity index (χ1v) is 7.49. The Kier molecular flexibility index (Phi) is 5.12. The van der Waals surface area contributed by atoms with Gasteiger partial charge in [0.1, 0.15) is 5.69 Å². The number of hydrogen-bond acceptors (Lipinski definition) is 3. The van der Waals surface area contributed by atoms with Crippen molar-refractivity contribution in [1.82, 2.24) is 15.2 Å². The lowest BCUT2D eigenvalue weighted by Crippen LogP contribution is -2.37. The molecule has 1 fully saturated rings. The quantitative estimate of drug-likeness (QED) is 0.917. The second kappa shape index (κ2) is 6.84. The molecule has 1 aromatic heterocycles. The number of aromatic nitrogens is 1. The molecule has 0 atom stereocenters. The molecule has 1 aliphatic heterocycles. The predicted octanol–water partition coefficient (Wildman–Crippen LogP) is 2.28. The van der Waals surface area contributed by atoms with Gasteiger partial charge in [-0.15, -0.1) is 0 Å². The summed E-state index contributed by atoms with van der Waals surface area (Å²) >= 11 is 0. The molecule has 20 heavy (non-hydrogen) atoms. The van der Waals surface area contributed by atoms with Gasteiger partial charge < -0.3 is 10.2 Å². The van der Waals surface area contributed by atoms with E-state index in [9.17, 15) is 4.79 Å². The second-order valence-electron chi connectivity index (χ2n) is 6.09. The van der Waals surface area contributed by atoms with Gasteiger partial charge in [0.15, 0.2) is 0 Å². The van der Waals surface area contributed by atoms with E-state index in [0.717, 1.165) is 38.0 Å². The molecule has 0 aromatic carbocycles. The molecule has 2 heterocycles. The molecular weight excluding hydrogens is 250 g/mol. The number of likely N-dealkylation sites (tertiary alicyclic amines) is 1. The van der Waals surface area contributed by atoms with Gasteiger partial charge in [-0.25, -0.2) is 0 Å². The molecule has 0 radical (unpaired) electrons. The standard InChI is InChI=1S/C16H25N3O/c1-12(2)14-4-5-15(17-11-14)16(20)18-10-13-6-8-19(3)9-7-13/h4-5,11-13H,6-10H2,1-3H3,(H,18,20). The largest absolute Gasteiger partial charge is 0.350 e. The van der Waals surface area contributed by atoms with E-state index in [1.165, 1.54) is 0 Å². The van der Waals surface area contributed by atoms with Gasteiger partial charge in [-0.2, -0.15) is 0 Å². The van der Waals surface area contributed by atoms with Crippen LogP contribution in [0, 0.1) is 5.92 Å². The van der Waals surface area contributed by atoms with Crippen LogP contribution < -0.4 is 5.32 Å². The Labute approximate surface area is 121 Å². The number of hydrogen-bond donors (Lipinski definition) is 1. The van der Waals surface area contributed by atoms with Crippen LogP contribution in [0.3, 0.4) is 0 Å². The molecule has 4 heteroatoms. The van der Waals surface area contributed by atoms with Gasteiger partial charge in [-0.1, -0.05) is 19.9 Å². The lowest BCUT2D eigenvalue weighted by Gasteiger charge is -2.28. The van der Waals surface area contributed by atoms with E-state index < -0.39 is 0 Å². The van der Waals surface area contributed by atoms with Crippen molar-refractivity contribution in [3.63, 3.8) is 0 Å². The molecule has 0 unspecified atom stereocenters. The van der Waals surface area contributed by atoms with Gasteiger partial charge in [0.05, 0.1) is 0 Å². The van der Waals surface area contributed by atoms with Gasteiger partial charge in [-0.3, -0.25) is 9.78 Å². The highest BCUT2D eigenvalue weighted by atomic mass is 16.1. The molecule has 0 bridgehead atoms. The van der Waals surface area contributed by atoms with Crippen molar-refractivity contribution in [2.24, 2.45) is 5.92 Å². The van der Waals surface area contributed by atoms with Gasteiger partial charge in [0.25, 0.3) is 5.91 Å². The molecule has 1 saturated heterocycles. The average molecular weight is 275 g/mol. The fourth-order valence-corrected chi connectivity index (χ4v) is 2.47. The summed E-state index contributed by atoms with van der Waals surface area (Å²) in [7, 11) is 2.15. The van der Waals surface area contributed by atoms with E-state index >= 15 is 0 Å². The number of nitrogens with one attached hydrogen (secondary N) is 1. The summed E-state index contributed by atoms with van der Waals surface area (Å²) in [5, 5.41) is 3.01. The summed E-state index contributed by atoms with van der Waals surface area (Å²) in [6.07, 6.45) is 4.13. The van der Waals surface area contributed by atoms with E-state index in [0.29, 0.717) is 17.5 Å². The molecule has 4 nitrogen and oxygen atoms in total. The lowest BCUT2D eigenvalue weighted by atomic mass is 9.97. The Morgan fingerprint density at radius 1 is 1.40 bits per heavy atom. The van der Waals surface area contributed by atoms with Gasteiger partial charge >= 0.3 is 0 Å². The van der Waals surface area contributed by atoms with Crippen molar-refractivity contribution in [3.8, 4) is 0 Å². The number of pyridine rings is 1. The highest BCUT2D eigenvalue weighted by Gasteiger charge is 2.17. The molecule has 0 spiro atoms. The van der Waals surface area contributed by atoms with E-state index in [1.54, 1.807) is 6.20 Å². The Balaban J connectivity index is 1.82. The molecule has 1 aromatic rings. The monoisotopic (exact) mass is 275 g/mol. The number of rotatable bonds is 4. The fourth-order valence-electron chi connectivity index (χ4n) is 2.47. The number of nitrogens with zero attached hydrogens (tertiary/aromatic N) is 2. The second-order valence-corrected chi connectivity index (χ2v) is 6.09. The van der Waals surface area contributed by atoms with Crippen LogP contribution in [0.1, 0.15) is 48.7 Å². The van der Waals surface area contributed by atoms with Crippen LogP contribution in [0.4, 0.5) is 0 Å². The lowest BCUT2D eigenvalue weighted by molar-refractivity contribution is 0.0934. The highest BCUT2D eigenvalue weighted by Crippen LogP contribution is 2.15.